The lowest BCUT2D eigenvalue weighted by molar-refractivity contribution is -0.00397. The highest BCUT2D eigenvalue weighted by Gasteiger charge is 2.63. The van der Waals surface area contributed by atoms with E-state index in [1.54, 1.807) is 7.11 Å². The maximum Gasteiger partial charge on any atom is 0.272 e. The van der Waals surface area contributed by atoms with Crippen molar-refractivity contribution in [2.75, 3.05) is 14.2 Å². The molecular formula is C29H34N4O2. The smallest absolute Gasteiger partial charge is 0.272 e. The molecule has 2 saturated heterocycles. The van der Waals surface area contributed by atoms with Crippen molar-refractivity contribution in [3.05, 3.63) is 71.9 Å². The van der Waals surface area contributed by atoms with Crippen molar-refractivity contribution in [2.45, 2.75) is 63.2 Å². The number of fused-ring (bicyclic) bond motifs is 1. The maximum atomic E-state index is 14.1. The van der Waals surface area contributed by atoms with Gasteiger partial charge in [-0.15, -0.1) is 0 Å². The molecule has 3 aromatic rings. The van der Waals surface area contributed by atoms with Gasteiger partial charge in [0.05, 0.1) is 12.8 Å². The van der Waals surface area contributed by atoms with Crippen molar-refractivity contribution in [3.8, 4) is 17.0 Å². The lowest BCUT2D eigenvalue weighted by Crippen LogP contribution is -2.59. The molecule has 0 spiro atoms. The van der Waals surface area contributed by atoms with Crippen LogP contribution in [0, 0.1) is 5.41 Å². The molecule has 1 aliphatic carbocycles. The van der Waals surface area contributed by atoms with E-state index in [1.807, 2.05) is 30.3 Å². The van der Waals surface area contributed by atoms with Crippen LogP contribution in [0.3, 0.4) is 0 Å². The van der Waals surface area contributed by atoms with Gasteiger partial charge in [-0.25, -0.2) is 0 Å². The third-order valence-corrected chi connectivity index (χ3v) is 8.97. The highest BCUT2D eigenvalue weighted by atomic mass is 16.5. The van der Waals surface area contributed by atoms with Gasteiger partial charge in [0.15, 0.2) is 0 Å². The minimum absolute atomic E-state index is 0.0828. The second-order valence-electron chi connectivity index (χ2n) is 10.8. The monoisotopic (exact) mass is 470 g/mol. The molecule has 1 amide bonds. The largest absolute Gasteiger partial charge is 0.497 e. The Morgan fingerprint density at radius 3 is 2.71 bits per heavy atom. The topological polar surface area (TPSA) is 61.5 Å². The van der Waals surface area contributed by atoms with Gasteiger partial charge in [0.1, 0.15) is 11.4 Å². The first-order valence-electron chi connectivity index (χ1n) is 12.8. The predicted octanol–water partition coefficient (Wildman–Crippen LogP) is 4.78. The van der Waals surface area contributed by atoms with E-state index in [2.05, 4.69) is 64.3 Å². The normalized spacial score (nSPS) is 29.9. The number of carbonyl (C=O) groups excluding carboxylic acids is 1. The van der Waals surface area contributed by atoms with Crippen molar-refractivity contribution in [2.24, 2.45) is 5.41 Å². The Morgan fingerprint density at radius 1 is 1.11 bits per heavy atom. The molecule has 1 saturated carbocycles. The van der Waals surface area contributed by atoms with Crippen molar-refractivity contribution >= 4 is 5.91 Å². The summed E-state index contributed by atoms with van der Waals surface area (Å²) in [5, 5.41) is 7.57. The number of likely N-dealkylation sites (N-methyl/N-ethyl adjacent to an activating group) is 1. The fraction of sp³-hybridized carbons (Fsp3) is 0.448. The number of rotatable bonds is 5. The Labute approximate surface area is 207 Å². The summed E-state index contributed by atoms with van der Waals surface area (Å²) < 4.78 is 5.37. The van der Waals surface area contributed by atoms with Crippen LogP contribution >= 0.6 is 0 Å². The standard InChI is InChI=1S/C29H34N4O2/c1-29-18-25-24(15-19-9-5-4-6-10-19)32(2)26(29)13-8-14-27(29)33(25)28(34)23-17-22(30-31-23)20-11-7-12-21(16-20)35-3/h4-7,9-12,16-17,24-27H,8,13-15,18H2,1-3H3,(H,30,31)/t24-,25-,26+,27-,29+/m0/s1. The zero-order valence-electron chi connectivity index (χ0n) is 20.8. The van der Waals surface area contributed by atoms with Gasteiger partial charge in [-0.2, -0.15) is 5.10 Å². The molecular weight excluding hydrogens is 436 g/mol. The zero-order chi connectivity index (χ0) is 24.2. The van der Waals surface area contributed by atoms with E-state index in [9.17, 15) is 4.79 Å². The minimum atomic E-state index is 0.0828. The number of carbonyl (C=O) groups is 1. The van der Waals surface area contributed by atoms with Crippen LogP contribution in [0.15, 0.2) is 60.7 Å². The molecule has 5 atom stereocenters. The number of nitrogens with one attached hydrogen (secondary N) is 1. The fourth-order valence-corrected chi connectivity index (χ4v) is 7.32. The average Bonchev–Trinajstić information content (AvgIpc) is 3.49. The minimum Gasteiger partial charge on any atom is -0.497 e. The molecule has 6 nitrogen and oxygen atoms in total. The van der Waals surface area contributed by atoms with Crippen LogP contribution in [0.25, 0.3) is 11.3 Å². The number of nitrogens with zero attached hydrogens (tertiary/aromatic N) is 3. The number of hydrogen-bond acceptors (Lipinski definition) is 4. The van der Waals surface area contributed by atoms with Gasteiger partial charge < -0.3 is 9.64 Å². The Balaban J connectivity index is 1.34. The van der Waals surface area contributed by atoms with Crippen molar-refractivity contribution in [1.82, 2.24) is 20.0 Å². The Kier molecular flexibility index (Phi) is 5.44. The molecule has 3 fully saturated rings. The highest BCUT2D eigenvalue weighted by molar-refractivity contribution is 5.94. The molecule has 182 valence electrons. The van der Waals surface area contributed by atoms with Crippen LogP contribution in [0.5, 0.6) is 5.75 Å². The molecule has 3 heterocycles. The molecule has 3 aliphatic rings. The molecule has 35 heavy (non-hydrogen) atoms. The third-order valence-electron chi connectivity index (χ3n) is 8.97. The van der Waals surface area contributed by atoms with Crippen molar-refractivity contribution in [3.63, 3.8) is 0 Å². The van der Waals surface area contributed by atoms with E-state index in [1.165, 1.54) is 18.4 Å². The second-order valence-corrected chi connectivity index (χ2v) is 10.8. The van der Waals surface area contributed by atoms with Gasteiger partial charge in [0, 0.05) is 35.1 Å². The Morgan fingerprint density at radius 2 is 1.91 bits per heavy atom. The molecule has 6 heteroatoms. The van der Waals surface area contributed by atoms with E-state index in [0.717, 1.165) is 36.3 Å². The summed E-state index contributed by atoms with van der Waals surface area (Å²) in [5.41, 5.74) is 3.74. The molecule has 6 rings (SSSR count). The predicted molar refractivity (Wildman–Crippen MR) is 136 cm³/mol. The van der Waals surface area contributed by atoms with Gasteiger partial charge in [0.2, 0.25) is 0 Å². The van der Waals surface area contributed by atoms with Gasteiger partial charge in [-0.3, -0.25) is 14.8 Å². The van der Waals surface area contributed by atoms with Crippen molar-refractivity contribution < 1.29 is 9.53 Å². The molecule has 2 aromatic carbocycles. The number of H-pyrrole nitrogens is 1. The second kappa shape index (κ2) is 8.52. The number of aromatic nitrogens is 2. The zero-order valence-corrected chi connectivity index (χ0v) is 20.8. The summed E-state index contributed by atoms with van der Waals surface area (Å²) in [6.07, 6.45) is 5.50. The van der Waals surface area contributed by atoms with Crippen LogP contribution in [0.2, 0.25) is 0 Å². The van der Waals surface area contributed by atoms with Crippen LogP contribution < -0.4 is 4.74 Å². The first-order valence-corrected chi connectivity index (χ1v) is 12.8. The van der Waals surface area contributed by atoms with Gasteiger partial charge >= 0.3 is 0 Å². The SMILES string of the molecule is COc1cccc(-c2cc(C(=O)N3[C@H]4CCC[C@H]5N(C)[C@@H](Cc6ccccc6)[C@@H]3C[C@@]45C)[nH]n2)c1. The molecule has 0 unspecified atom stereocenters. The Hall–Kier alpha value is -3.12. The summed E-state index contributed by atoms with van der Waals surface area (Å²) >= 11 is 0. The van der Waals surface area contributed by atoms with Crippen molar-refractivity contribution in [1.29, 1.82) is 0 Å². The average molecular weight is 471 g/mol. The molecule has 1 N–H and O–H groups in total. The number of aromatic amines is 1. The summed E-state index contributed by atoms with van der Waals surface area (Å²) in [5.74, 6) is 0.860. The van der Waals surface area contributed by atoms with E-state index < -0.39 is 0 Å². The molecule has 2 aliphatic heterocycles. The van der Waals surface area contributed by atoms with E-state index in [0.29, 0.717) is 17.8 Å². The number of benzene rings is 2. The van der Waals surface area contributed by atoms with Crippen LogP contribution in [-0.4, -0.2) is 64.2 Å². The van der Waals surface area contributed by atoms with Gasteiger partial charge in [0.25, 0.3) is 5.91 Å². The van der Waals surface area contributed by atoms with E-state index in [-0.39, 0.29) is 23.4 Å². The number of methoxy groups -OCH3 is 1. The molecule has 0 radical (unpaired) electrons. The summed E-state index contributed by atoms with van der Waals surface area (Å²) in [4.78, 5) is 19.0. The van der Waals surface area contributed by atoms with Gasteiger partial charge in [-0.05, 0) is 62.9 Å². The summed E-state index contributed by atoms with van der Waals surface area (Å²) in [7, 11) is 3.95. The number of ether oxygens (including phenoxy) is 1. The lowest BCUT2D eigenvalue weighted by atomic mass is 9.64. The first-order chi connectivity index (χ1) is 17.0. The number of hydrogen-bond donors (Lipinski definition) is 1. The number of likely N-dealkylation sites (tertiary alicyclic amines) is 2. The molecule has 1 aromatic heterocycles. The highest BCUT2D eigenvalue weighted by Crippen LogP contribution is 2.56. The fourth-order valence-electron chi connectivity index (χ4n) is 7.32. The summed E-state index contributed by atoms with van der Waals surface area (Å²) in [6, 6.07) is 21.7. The first kappa shape index (κ1) is 22.4. The third kappa shape index (κ3) is 3.57. The lowest BCUT2D eigenvalue weighted by Gasteiger charge is -2.51. The molecule has 2 bridgehead atoms. The summed E-state index contributed by atoms with van der Waals surface area (Å²) in [6.45, 7) is 2.42. The van der Waals surface area contributed by atoms with E-state index in [4.69, 9.17) is 4.74 Å². The van der Waals surface area contributed by atoms with Crippen LogP contribution in [0.4, 0.5) is 0 Å². The Bertz CT molecular complexity index is 1220. The number of amides is 1. The number of piperidine rings is 1. The maximum absolute atomic E-state index is 14.1. The van der Waals surface area contributed by atoms with E-state index >= 15 is 0 Å². The van der Waals surface area contributed by atoms with Gasteiger partial charge in [-0.1, -0.05) is 49.4 Å². The quantitative estimate of drug-likeness (QED) is 0.583. The van der Waals surface area contributed by atoms with Crippen LogP contribution in [-0.2, 0) is 6.42 Å². The van der Waals surface area contributed by atoms with Crippen LogP contribution in [0.1, 0.15) is 48.7 Å².